The van der Waals surface area contributed by atoms with Crippen molar-refractivity contribution in [1.82, 2.24) is 19.7 Å². The molecule has 2 fully saturated rings. The molecule has 2 aliphatic carbocycles. The van der Waals surface area contributed by atoms with Gasteiger partial charge in [-0.2, -0.15) is 5.10 Å². The second-order valence-electron chi connectivity index (χ2n) is 6.98. The maximum absolute atomic E-state index is 11.8. The lowest BCUT2D eigenvalue weighted by Gasteiger charge is -2.21. The first-order chi connectivity index (χ1) is 11.2. The van der Waals surface area contributed by atoms with Gasteiger partial charge in [0.05, 0.1) is 6.20 Å². The number of rotatable bonds is 2. The van der Waals surface area contributed by atoms with Gasteiger partial charge < -0.3 is 4.98 Å². The second-order valence-corrected chi connectivity index (χ2v) is 6.98. The molecule has 23 heavy (non-hydrogen) atoms. The Morgan fingerprint density at radius 1 is 1.30 bits per heavy atom. The van der Waals surface area contributed by atoms with E-state index in [0.29, 0.717) is 23.5 Å². The molecule has 0 amide bonds. The molecule has 3 aromatic rings. The van der Waals surface area contributed by atoms with Crippen LogP contribution >= 0.6 is 0 Å². The monoisotopic (exact) mass is 306 g/mol. The van der Waals surface area contributed by atoms with Crippen molar-refractivity contribution in [3.63, 3.8) is 0 Å². The summed E-state index contributed by atoms with van der Waals surface area (Å²) in [4.78, 5) is 19.7. The highest BCUT2D eigenvalue weighted by molar-refractivity contribution is 5.93. The Morgan fingerprint density at radius 3 is 2.91 bits per heavy atom. The molecular weight excluding hydrogens is 288 g/mol. The highest BCUT2D eigenvalue weighted by Crippen LogP contribution is 2.51. The molecule has 0 radical (unpaired) electrons. The fourth-order valence-corrected chi connectivity index (χ4v) is 4.47. The number of nitrogens with one attached hydrogen (secondary N) is 1. The Labute approximate surface area is 133 Å². The maximum atomic E-state index is 11.8. The molecule has 2 bridgehead atoms. The van der Waals surface area contributed by atoms with E-state index < -0.39 is 0 Å². The van der Waals surface area contributed by atoms with Gasteiger partial charge in [0, 0.05) is 54.5 Å². The summed E-state index contributed by atoms with van der Waals surface area (Å²) in [5.74, 6) is 1.78. The number of aromatic nitrogens is 4. The van der Waals surface area contributed by atoms with E-state index in [9.17, 15) is 4.79 Å². The third-order valence-corrected chi connectivity index (χ3v) is 5.61. The standard InChI is InChI=1S/C18H18N4O/c1-22-9-13(7-21-22)16-8-20-18-15(16)4-12(6-19-18)14-3-11-2-10(14)5-17(11)23/h4,6-11,14H,2-3,5H2,1H3,(H,19,20). The highest BCUT2D eigenvalue weighted by atomic mass is 16.1. The number of nitrogens with zero attached hydrogens (tertiary/aromatic N) is 3. The number of aromatic amines is 1. The van der Waals surface area contributed by atoms with Gasteiger partial charge in [0.15, 0.2) is 0 Å². The lowest BCUT2D eigenvalue weighted by molar-refractivity contribution is -0.121. The largest absolute Gasteiger partial charge is 0.346 e. The van der Waals surface area contributed by atoms with Crippen LogP contribution in [0.1, 0.15) is 30.7 Å². The molecule has 116 valence electrons. The normalized spacial score (nSPS) is 26.5. The van der Waals surface area contributed by atoms with Crippen LogP contribution in [0.3, 0.4) is 0 Å². The molecule has 3 unspecified atom stereocenters. The second kappa shape index (κ2) is 4.54. The van der Waals surface area contributed by atoms with Crippen LogP contribution in [0.15, 0.2) is 30.9 Å². The van der Waals surface area contributed by atoms with E-state index in [4.69, 9.17) is 0 Å². The zero-order chi connectivity index (χ0) is 15.6. The third kappa shape index (κ3) is 1.89. The summed E-state index contributed by atoms with van der Waals surface area (Å²) in [7, 11) is 1.92. The molecule has 3 atom stereocenters. The van der Waals surface area contributed by atoms with Gasteiger partial charge in [-0.05, 0) is 36.3 Å². The fourth-order valence-electron chi connectivity index (χ4n) is 4.47. The molecular formula is C18H18N4O. The molecule has 3 aromatic heterocycles. The number of carbonyl (C=O) groups excluding carboxylic acids is 1. The van der Waals surface area contributed by atoms with Crippen LogP contribution in [0.25, 0.3) is 22.2 Å². The minimum absolute atomic E-state index is 0.296. The number of pyridine rings is 1. The number of H-pyrrole nitrogens is 1. The molecule has 0 aromatic carbocycles. The van der Waals surface area contributed by atoms with Crippen molar-refractivity contribution < 1.29 is 4.79 Å². The van der Waals surface area contributed by atoms with Crippen molar-refractivity contribution in [2.75, 3.05) is 0 Å². The average molecular weight is 306 g/mol. The molecule has 5 heteroatoms. The molecule has 5 rings (SSSR count). The summed E-state index contributed by atoms with van der Waals surface area (Å²) in [6, 6.07) is 2.26. The summed E-state index contributed by atoms with van der Waals surface area (Å²) in [5, 5.41) is 5.41. The van der Waals surface area contributed by atoms with Gasteiger partial charge in [-0.1, -0.05) is 0 Å². The third-order valence-electron chi connectivity index (χ3n) is 5.61. The van der Waals surface area contributed by atoms with Crippen LogP contribution in [0.5, 0.6) is 0 Å². The predicted octanol–water partition coefficient (Wildman–Crippen LogP) is 3.05. The summed E-state index contributed by atoms with van der Waals surface area (Å²) >= 11 is 0. The van der Waals surface area contributed by atoms with E-state index in [1.165, 1.54) is 5.56 Å². The SMILES string of the molecule is Cn1cc(-c2c[nH]c3ncc(C4CC5CC4CC5=O)cc23)cn1. The van der Waals surface area contributed by atoms with Crippen LogP contribution in [0.4, 0.5) is 0 Å². The summed E-state index contributed by atoms with van der Waals surface area (Å²) in [6.45, 7) is 0. The van der Waals surface area contributed by atoms with E-state index in [1.54, 1.807) is 0 Å². The zero-order valence-corrected chi connectivity index (χ0v) is 13.0. The fraction of sp³-hybridized carbons (Fsp3) is 0.389. The van der Waals surface area contributed by atoms with E-state index >= 15 is 0 Å². The predicted molar refractivity (Wildman–Crippen MR) is 86.9 cm³/mol. The number of fused-ring (bicyclic) bond motifs is 3. The smallest absolute Gasteiger partial charge is 0.137 e. The van der Waals surface area contributed by atoms with Gasteiger partial charge in [-0.25, -0.2) is 4.98 Å². The van der Waals surface area contributed by atoms with Gasteiger partial charge in [0.25, 0.3) is 0 Å². The maximum Gasteiger partial charge on any atom is 0.137 e. The van der Waals surface area contributed by atoms with Crippen molar-refractivity contribution >= 4 is 16.8 Å². The van der Waals surface area contributed by atoms with Gasteiger partial charge in [0.1, 0.15) is 11.4 Å². The molecule has 3 heterocycles. The molecule has 1 N–H and O–H groups in total. The lowest BCUT2D eigenvalue weighted by atomic mass is 9.83. The van der Waals surface area contributed by atoms with Crippen molar-refractivity contribution in [3.8, 4) is 11.1 Å². The summed E-state index contributed by atoms with van der Waals surface area (Å²) in [5.41, 5.74) is 4.43. The zero-order valence-electron chi connectivity index (χ0n) is 13.0. The van der Waals surface area contributed by atoms with E-state index in [-0.39, 0.29) is 0 Å². The van der Waals surface area contributed by atoms with Crippen molar-refractivity contribution in [2.24, 2.45) is 18.9 Å². The number of hydrogen-bond acceptors (Lipinski definition) is 3. The minimum atomic E-state index is 0.296. The molecule has 2 aliphatic rings. The molecule has 2 saturated carbocycles. The average Bonchev–Trinajstić information content (AvgIpc) is 3.28. The molecule has 0 saturated heterocycles. The van der Waals surface area contributed by atoms with Crippen LogP contribution in [0, 0.1) is 11.8 Å². The topological polar surface area (TPSA) is 63.6 Å². The summed E-state index contributed by atoms with van der Waals surface area (Å²) < 4.78 is 1.81. The minimum Gasteiger partial charge on any atom is -0.346 e. The molecule has 0 aliphatic heterocycles. The molecule has 0 spiro atoms. The molecule has 5 nitrogen and oxygen atoms in total. The Balaban J connectivity index is 1.58. The summed E-state index contributed by atoms with van der Waals surface area (Å²) in [6.07, 6.45) is 10.7. The van der Waals surface area contributed by atoms with Crippen molar-refractivity contribution in [3.05, 3.63) is 36.4 Å². The van der Waals surface area contributed by atoms with E-state index in [1.807, 2.05) is 36.5 Å². The number of Topliss-reactive ketones (excluding diaryl/α,β-unsaturated/α-hetero) is 1. The van der Waals surface area contributed by atoms with Crippen molar-refractivity contribution in [2.45, 2.75) is 25.2 Å². The Hall–Kier alpha value is -2.43. The van der Waals surface area contributed by atoms with Crippen LogP contribution in [-0.2, 0) is 11.8 Å². The number of hydrogen-bond donors (Lipinski definition) is 1. The Morgan fingerprint density at radius 2 is 2.22 bits per heavy atom. The van der Waals surface area contributed by atoms with Crippen molar-refractivity contribution in [1.29, 1.82) is 0 Å². The van der Waals surface area contributed by atoms with Gasteiger partial charge >= 0.3 is 0 Å². The van der Waals surface area contributed by atoms with Crippen LogP contribution in [-0.4, -0.2) is 25.5 Å². The van der Waals surface area contributed by atoms with E-state index in [0.717, 1.165) is 41.4 Å². The van der Waals surface area contributed by atoms with Gasteiger partial charge in [-0.3, -0.25) is 9.48 Å². The Bertz CT molecular complexity index is 922. The number of ketones is 1. The lowest BCUT2D eigenvalue weighted by Crippen LogP contribution is -2.16. The van der Waals surface area contributed by atoms with Gasteiger partial charge in [-0.15, -0.1) is 0 Å². The van der Waals surface area contributed by atoms with Crippen LogP contribution < -0.4 is 0 Å². The van der Waals surface area contributed by atoms with Gasteiger partial charge in [0.2, 0.25) is 0 Å². The van der Waals surface area contributed by atoms with Crippen LogP contribution in [0.2, 0.25) is 0 Å². The van der Waals surface area contributed by atoms with E-state index in [2.05, 4.69) is 21.1 Å². The first-order valence-electron chi connectivity index (χ1n) is 8.18. The Kier molecular flexibility index (Phi) is 2.57. The number of carbonyl (C=O) groups is 1. The highest BCUT2D eigenvalue weighted by Gasteiger charge is 2.45. The number of aryl methyl sites for hydroxylation is 1. The first kappa shape index (κ1) is 13.0. The first-order valence-corrected chi connectivity index (χ1v) is 8.18. The quantitative estimate of drug-likeness (QED) is 0.791.